The van der Waals surface area contributed by atoms with Gasteiger partial charge < -0.3 is 14.8 Å². The number of hydrogen-bond acceptors (Lipinski definition) is 4. The fraction of sp³-hybridized carbons (Fsp3) is 0.417. The topological polar surface area (TPSA) is 80.9 Å². The molecule has 0 aliphatic carbocycles. The molecule has 0 unspecified atom stereocenters. The minimum absolute atomic E-state index is 0.0878. The highest BCUT2D eigenvalue weighted by atomic mass is 19.3. The Kier molecular flexibility index (Phi) is 7.30. The highest BCUT2D eigenvalue weighted by molar-refractivity contribution is 5.93. The van der Waals surface area contributed by atoms with Crippen molar-refractivity contribution >= 4 is 11.6 Å². The summed E-state index contributed by atoms with van der Waals surface area (Å²) in [6.45, 7) is -1.68. The number of alkyl halides is 2. The van der Waals surface area contributed by atoms with Crippen LogP contribution in [0.15, 0.2) is 29.3 Å². The highest BCUT2D eigenvalue weighted by Gasteiger charge is 2.04. The van der Waals surface area contributed by atoms with Crippen LogP contribution in [0.25, 0.3) is 0 Å². The zero-order valence-corrected chi connectivity index (χ0v) is 11.1. The van der Waals surface area contributed by atoms with Crippen molar-refractivity contribution in [3.63, 3.8) is 0 Å². The molecule has 0 bridgehead atoms. The van der Waals surface area contributed by atoms with Gasteiger partial charge >= 0.3 is 6.61 Å². The van der Waals surface area contributed by atoms with Crippen LogP contribution < -0.4 is 21.3 Å². The molecule has 0 saturated carbocycles. The van der Waals surface area contributed by atoms with Gasteiger partial charge in [0, 0.05) is 25.9 Å². The Morgan fingerprint density at radius 3 is 2.60 bits per heavy atom. The number of nitrogens with one attached hydrogen (secondary N) is 2. The maximum Gasteiger partial charge on any atom is 0.387 e. The normalized spacial score (nSPS) is 11.6. The number of aliphatic imine (C=N–C) groups is 1. The first kappa shape index (κ1) is 16.1. The molecule has 8 heteroatoms. The van der Waals surface area contributed by atoms with Crippen LogP contribution in [0.4, 0.5) is 14.5 Å². The fourth-order valence-corrected chi connectivity index (χ4v) is 1.38. The molecule has 1 rings (SSSR count). The SMILES string of the molecule is COCCCN=C(NN)Nc1ccc(OC(F)F)cc1. The van der Waals surface area contributed by atoms with Gasteiger partial charge in [-0.25, -0.2) is 5.84 Å². The lowest BCUT2D eigenvalue weighted by atomic mass is 10.3. The summed E-state index contributed by atoms with van der Waals surface area (Å²) in [7, 11) is 1.62. The lowest BCUT2D eigenvalue weighted by Crippen LogP contribution is -2.36. The molecule has 0 spiro atoms. The maximum atomic E-state index is 12.0. The van der Waals surface area contributed by atoms with Gasteiger partial charge in [0.25, 0.3) is 0 Å². The van der Waals surface area contributed by atoms with E-state index in [1.165, 1.54) is 12.1 Å². The Morgan fingerprint density at radius 2 is 2.05 bits per heavy atom. The Labute approximate surface area is 115 Å². The van der Waals surface area contributed by atoms with E-state index in [-0.39, 0.29) is 5.75 Å². The molecule has 0 aromatic heterocycles. The van der Waals surface area contributed by atoms with Gasteiger partial charge in [-0.2, -0.15) is 8.78 Å². The summed E-state index contributed by atoms with van der Waals surface area (Å²) in [5.74, 6) is 5.80. The number of halogens is 2. The summed E-state index contributed by atoms with van der Waals surface area (Å²) < 4.78 is 33.1. The first-order valence-electron chi connectivity index (χ1n) is 5.97. The average molecular weight is 288 g/mol. The zero-order chi connectivity index (χ0) is 14.8. The third-order valence-electron chi connectivity index (χ3n) is 2.26. The maximum absolute atomic E-state index is 12.0. The van der Waals surface area contributed by atoms with Gasteiger partial charge in [0.05, 0.1) is 0 Å². The van der Waals surface area contributed by atoms with Gasteiger partial charge in [-0.1, -0.05) is 0 Å². The lowest BCUT2D eigenvalue weighted by molar-refractivity contribution is -0.0498. The number of benzene rings is 1. The molecule has 1 aromatic carbocycles. The van der Waals surface area contributed by atoms with Crippen molar-refractivity contribution in [2.75, 3.05) is 25.6 Å². The smallest absolute Gasteiger partial charge is 0.387 e. The van der Waals surface area contributed by atoms with E-state index in [1.807, 2.05) is 0 Å². The minimum atomic E-state index is -2.84. The number of anilines is 1. The molecule has 1 aromatic rings. The second kappa shape index (κ2) is 9.05. The van der Waals surface area contributed by atoms with Crippen LogP contribution in [0, 0.1) is 0 Å². The van der Waals surface area contributed by atoms with Crippen LogP contribution in [0.2, 0.25) is 0 Å². The van der Waals surface area contributed by atoms with Crippen LogP contribution in [0.1, 0.15) is 6.42 Å². The van der Waals surface area contributed by atoms with Crippen LogP contribution in [0.5, 0.6) is 5.75 Å². The number of nitrogens with zero attached hydrogens (tertiary/aromatic N) is 1. The molecular weight excluding hydrogens is 270 g/mol. The van der Waals surface area contributed by atoms with Gasteiger partial charge in [-0.3, -0.25) is 10.4 Å². The molecule has 112 valence electrons. The number of rotatable bonds is 7. The third-order valence-corrected chi connectivity index (χ3v) is 2.26. The molecule has 0 aliphatic rings. The number of ether oxygens (including phenoxy) is 2. The molecule has 0 saturated heterocycles. The van der Waals surface area contributed by atoms with Crippen molar-refractivity contribution in [1.29, 1.82) is 0 Å². The lowest BCUT2D eigenvalue weighted by Gasteiger charge is -2.10. The molecule has 20 heavy (non-hydrogen) atoms. The van der Waals surface area contributed by atoms with E-state index < -0.39 is 6.61 Å². The summed E-state index contributed by atoms with van der Waals surface area (Å²) in [6.07, 6.45) is 0.768. The van der Waals surface area contributed by atoms with E-state index in [4.69, 9.17) is 10.6 Å². The summed E-state index contributed by atoms with van der Waals surface area (Å²) in [4.78, 5) is 4.18. The first-order valence-corrected chi connectivity index (χ1v) is 5.97. The van der Waals surface area contributed by atoms with E-state index in [2.05, 4.69) is 20.5 Å². The largest absolute Gasteiger partial charge is 0.435 e. The average Bonchev–Trinajstić information content (AvgIpc) is 2.43. The minimum Gasteiger partial charge on any atom is -0.435 e. The number of guanidine groups is 1. The first-order chi connectivity index (χ1) is 9.65. The molecule has 0 radical (unpaired) electrons. The number of hydrogen-bond donors (Lipinski definition) is 3. The van der Waals surface area contributed by atoms with Crippen LogP contribution in [-0.2, 0) is 4.74 Å². The Morgan fingerprint density at radius 1 is 1.35 bits per heavy atom. The number of nitrogens with two attached hydrogens (primary N) is 1. The van der Waals surface area contributed by atoms with E-state index in [1.54, 1.807) is 19.2 Å². The van der Waals surface area contributed by atoms with Crippen LogP contribution in [-0.4, -0.2) is 32.8 Å². The molecule has 0 atom stereocenters. The summed E-state index contributed by atoms with van der Waals surface area (Å²) >= 11 is 0. The van der Waals surface area contributed by atoms with Crippen molar-refractivity contribution in [3.8, 4) is 5.75 Å². The van der Waals surface area contributed by atoms with Crippen LogP contribution in [0.3, 0.4) is 0 Å². The number of methoxy groups -OCH3 is 1. The second-order valence-electron chi connectivity index (χ2n) is 3.75. The Hall–Kier alpha value is -1.93. The van der Waals surface area contributed by atoms with Crippen molar-refractivity contribution in [3.05, 3.63) is 24.3 Å². The second-order valence-corrected chi connectivity index (χ2v) is 3.75. The van der Waals surface area contributed by atoms with E-state index in [0.717, 1.165) is 6.42 Å². The molecular formula is C12H18F2N4O2. The summed E-state index contributed by atoms with van der Waals surface area (Å²) in [5.41, 5.74) is 3.07. The third kappa shape index (κ3) is 6.30. The monoisotopic (exact) mass is 288 g/mol. The van der Waals surface area contributed by atoms with Crippen LogP contribution >= 0.6 is 0 Å². The Balaban J connectivity index is 2.52. The van der Waals surface area contributed by atoms with E-state index >= 15 is 0 Å². The van der Waals surface area contributed by atoms with Crippen molar-refractivity contribution < 1.29 is 18.3 Å². The van der Waals surface area contributed by atoms with Gasteiger partial charge in [0.2, 0.25) is 5.96 Å². The van der Waals surface area contributed by atoms with Gasteiger partial charge in [-0.15, -0.1) is 0 Å². The van der Waals surface area contributed by atoms with Crippen molar-refractivity contribution in [1.82, 2.24) is 5.43 Å². The van der Waals surface area contributed by atoms with E-state index in [0.29, 0.717) is 24.8 Å². The predicted octanol–water partition coefficient (Wildman–Crippen LogP) is 1.56. The highest BCUT2D eigenvalue weighted by Crippen LogP contribution is 2.17. The molecule has 6 nitrogen and oxygen atoms in total. The summed E-state index contributed by atoms with van der Waals surface area (Å²) in [6, 6.07) is 6.01. The van der Waals surface area contributed by atoms with Crippen molar-refractivity contribution in [2.45, 2.75) is 13.0 Å². The van der Waals surface area contributed by atoms with Crippen molar-refractivity contribution in [2.24, 2.45) is 10.8 Å². The molecule has 4 N–H and O–H groups in total. The van der Waals surface area contributed by atoms with Gasteiger partial charge in [0.1, 0.15) is 5.75 Å². The standard InChI is InChI=1S/C12H18F2N4O2/c1-19-8-2-7-16-12(18-15)17-9-3-5-10(6-4-9)20-11(13)14/h3-6,11H,2,7-8,15H2,1H3,(H2,16,17,18). The molecule has 0 aliphatic heterocycles. The summed E-state index contributed by atoms with van der Waals surface area (Å²) in [5, 5.41) is 2.92. The van der Waals surface area contributed by atoms with Gasteiger partial charge in [0.15, 0.2) is 0 Å². The quantitative estimate of drug-likeness (QED) is 0.233. The zero-order valence-electron chi connectivity index (χ0n) is 11.1. The van der Waals surface area contributed by atoms with E-state index in [9.17, 15) is 8.78 Å². The Bertz CT molecular complexity index is 412. The molecule has 0 fully saturated rings. The fourth-order valence-electron chi connectivity index (χ4n) is 1.38. The van der Waals surface area contributed by atoms with Gasteiger partial charge in [-0.05, 0) is 30.7 Å². The predicted molar refractivity (Wildman–Crippen MR) is 72.8 cm³/mol. The molecule has 0 heterocycles. The number of hydrazine groups is 1. The molecule has 0 amide bonds.